The monoisotopic (exact) mass is 308 g/mol. The summed E-state index contributed by atoms with van der Waals surface area (Å²) in [4.78, 5) is 3.37. The van der Waals surface area contributed by atoms with Crippen molar-refractivity contribution in [3.05, 3.63) is 53.2 Å². The van der Waals surface area contributed by atoms with E-state index < -0.39 is 18.0 Å². The van der Waals surface area contributed by atoms with Gasteiger partial charge in [0, 0.05) is 6.07 Å². The van der Waals surface area contributed by atoms with Gasteiger partial charge >= 0.3 is 6.18 Å². The maximum absolute atomic E-state index is 12.6. The largest absolute Gasteiger partial charge is 0.438 e. The fourth-order valence-electron chi connectivity index (χ4n) is 1.73. The Kier molecular flexibility index (Phi) is 4.33. The van der Waals surface area contributed by atoms with Gasteiger partial charge in [-0.15, -0.1) is 0 Å². The average Bonchev–Trinajstić information content (AvgIpc) is 2.47. The Morgan fingerprint density at radius 2 is 2.00 bits per heavy atom. The van der Waals surface area contributed by atoms with Gasteiger partial charge in [0.2, 0.25) is 5.88 Å². The van der Waals surface area contributed by atoms with Gasteiger partial charge in [-0.25, -0.2) is 4.98 Å². The molecule has 1 N–H and O–H groups in total. The second kappa shape index (κ2) is 6.03. The molecule has 0 radical (unpaired) electrons. The molecule has 0 aliphatic heterocycles. The zero-order valence-electron chi connectivity index (χ0n) is 11.4. The third kappa shape index (κ3) is 3.54. The molecular formula is C15H11F3N2O2. The number of nitriles is 1. The first kappa shape index (κ1) is 15.8. The van der Waals surface area contributed by atoms with Crippen molar-refractivity contribution in [3.8, 4) is 17.7 Å². The zero-order valence-corrected chi connectivity index (χ0v) is 11.4. The molecule has 0 bridgehead atoms. The summed E-state index contributed by atoms with van der Waals surface area (Å²) in [6, 6.07) is 9.47. The van der Waals surface area contributed by atoms with Crippen LogP contribution in [0.15, 0.2) is 36.4 Å². The molecule has 1 atom stereocenters. The predicted octanol–water partition coefficient (Wildman–Crippen LogP) is 3.82. The summed E-state index contributed by atoms with van der Waals surface area (Å²) < 4.78 is 43.0. The van der Waals surface area contributed by atoms with Crippen molar-refractivity contribution in [1.82, 2.24) is 4.98 Å². The molecule has 1 aromatic heterocycles. The van der Waals surface area contributed by atoms with E-state index in [0.29, 0.717) is 5.56 Å². The van der Waals surface area contributed by atoms with E-state index in [-0.39, 0.29) is 17.2 Å². The number of aliphatic hydroxyl groups excluding tert-OH is 1. The number of halogens is 3. The molecule has 1 unspecified atom stereocenters. The van der Waals surface area contributed by atoms with E-state index in [1.165, 1.54) is 37.3 Å². The standard InChI is InChI=1S/C15H11F3N2O2/c1-9(21)10-5-6-12(11(7-10)8-19)22-14-4-2-3-13(20-14)15(16,17)18/h2-7,9,21H,1H3. The van der Waals surface area contributed by atoms with Gasteiger partial charge in [0.1, 0.15) is 17.5 Å². The van der Waals surface area contributed by atoms with Crippen LogP contribution in [0.1, 0.15) is 29.8 Å². The van der Waals surface area contributed by atoms with Crippen LogP contribution in [0.25, 0.3) is 0 Å². The van der Waals surface area contributed by atoms with Crippen LogP contribution in [0.5, 0.6) is 11.6 Å². The molecule has 2 rings (SSSR count). The minimum absolute atomic E-state index is 0.0683. The molecule has 22 heavy (non-hydrogen) atoms. The zero-order chi connectivity index (χ0) is 16.3. The number of hydrogen-bond donors (Lipinski definition) is 1. The number of hydrogen-bond acceptors (Lipinski definition) is 4. The maximum atomic E-state index is 12.6. The number of ether oxygens (including phenoxy) is 1. The highest BCUT2D eigenvalue weighted by atomic mass is 19.4. The molecule has 0 aliphatic rings. The van der Waals surface area contributed by atoms with E-state index in [9.17, 15) is 18.3 Å². The number of aromatic nitrogens is 1. The minimum atomic E-state index is -4.58. The summed E-state index contributed by atoms with van der Waals surface area (Å²) >= 11 is 0. The van der Waals surface area contributed by atoms with Crippen molar-refractivity contribution in [2.75, 3.05) is 0 Å². The maximum Gasteiger partial charge on any atom is 0.433 e. The number of rotatable bonds is 3. The van der Waals surface area contributed by atoms with Gasteiger partial charge in [-0.1, -0.05) is 12.1 Å². The van der Waals surface area contributed by atoms with Crippen molar-refractivity contribution in [3.63, 3.8) is 0 Å². The Balaban J connectivity index is 2.34. The molecule has 1 aromatic carbocycles. The lowest BCUT2D eigenvalue weighted by Crippen LogP contribution is -2.08. The number of alkyl halides is 3. The smallest absolute Gasteiger partial charge is 0.433 e. The molecule has 1 heterocycles. The van der Waals surface area contributed by atoms with Gasteiger partial charge in [0.15, 0.2) is 0 Å². The fraction of sp³-hybridized carbons (Fsp3) is 0.200. The molecular weight excluding hydrogens is 297 g/mol. The highest BCUT2D eigenvalue weighted by molar-refractivity contribution is 5.47. The average molecular weight is 308 g/mol. The van der Waals surface area contributed by atoms with Crippen LogP contribution in [-0.2, 0) is 6.18 Å². The summed E-state index contributed by atoms with van der Waals surface area (Å²) in [6.45, 7) is 1.53. The Morgan fingerprint density at radius 3 is 2.59 bits per heavy atom. The number of nitrogens with zero attached hydrogens (tertiary/aromatic N) is 2. The summed E-state index contributed by atoms with van der Waals surface area (Å²) in [5.74, 6) is -0.199. The SMILES string of the molecule is CC(O)c1ccc(Oc2cccc(C(F)(F)F)n2)c(C#N)c1. The Bertz CT molecular complexity index is 721. The van der Waals surface area contributed by atoms with Crippen molar-refractivity contribution in [2.45, 2.75) is 19.2 Å². The first-order chi connectivity index (χ1) is 10.3. The topological polar surface area (TPSA) is 66.1 Å². The van der Waals surface area contributed by atoms with E-state index in [1.54, 1.807) is 0 Å². The number of aliphatic hydroxyl groups is 1. The van der Waals surface area contributed by atoms with Gasteiger partial charge in [0.05, 0.1) is 11.7 Å². The summed E-state index contributed by atoms with van der Waals surface area (Å²) in [5.41, 5.74) is -0.484. The molecule has 0 spiro atoms. The van der Waals surface area contributed by atoms with Crippen LogP contribution < -0.4 is 4.74 Å². The normalized spacial score (nSPS) is 12.5. The van der Waals surface area contributed by atoms with Crippen LogP contribution in [0.3, 0.4) is 0 Å². The summed E-state index contributed by atoms with van der Waals surface area (Å²) in [5, 5.41) is 18.5. The van der Waals surface area contributed by atoms with Crippen molar-refractivity contribution >= 4 is 0 Å². The van der Waals surface area contributed by atoms with Crippen LogP contribution in [0.2, 0.25) is 0 Å². The third-order valence-electron chi connectivity index (χ3n) is 2.83. The molecule has 0 fully saturated rings. The highest BCUT2D eigenvalue weighted by Crippen LogP contribution is 2.31. The minimum Gasteiger partial charge on any atom is -0.438 e. The Labute approximate surface area is 124 Å². The van der Waals surface area contributed by atoms with E-state index in [1.807, 2.05) is 6.07 Å². The predicted molar refractivity (Wildman–Crippen MR) is 71.1 cm³/mol. The van der Waals surface area contributed by atoms with E-state index in [0.717, 1.165) is 6.07 Å². The second-order valence-electron chi connectivity index (χ2n) is 4.50. The van der Waals surface area contributed by atoms with Crippen molar-refractivity contribution in [2.24, 2.45) is 0 Å². The Hall–Kier alpha value is -2.59. The van der Waals surface area contributed by atoms with E-state index >= 15 is 0 Å². The van der Waals surface area contributed by atoms with Crippen LogP contribution in [0, 0.1) is 11.3 Å². The molecule has 0 aliphatic carbocycles. The molecule has 0 saturated heterocycles. The van der Waals surface area contributed by atoms with Gasteiger partial charge < -0.3 is 9.84 Å². The lowest BCUT2D eigenvalue weighted by Gasteiger charge is -2.11. The van der Waals surface area contributed by atoms with Crippen LogP contribution >= 0.6 is 0 Å². The number of benzene rings is 1. The lowest BCUT2D eigenvalue weighted by atomic mass is 10.1. The van der Waals surface area contributed by atoms with Crippen LogP contribution in [0.4, 0.5) is 13.2 Å². The van der Waals surface area contributed by atoms with Gasteiger partial charge in [0.25, 0.3) is 0 Å². The molecule has 0 amide bonds. The van der Waals surface area contributed by atoms with E-state index in [4.69, 9.17) is 10.00 Å². The summed E-state index contributed by atoms with van der Waals surface area (Å²) in [7, 11) is 0. The molecule has 7 heteroatoms. The lowest BCUT2D eigenvalue weighted by molar-refractivity contribution is -0.141. The Morgan fingerprint density at radius 1 is 1.27 bits per heavy atom. The third-order valence-corrected chi connectivity index (χ3v) is 2.83. The van der Waals surface area contributed by atoms with Gasteiger partial charge in [-0.2, -0.15) is 18.4 Å². The molecule has 4 nitrogen and oxygen atoms in total. The van der Waals surface area contributed by atoms with Crippen molar-refractivity contribution in [1.29, 1.82) is 5.26 Å². The molecule has 114 valence electrons. The number of pyridine rings is 1. The van der Waals surface area contributed by atoms with Gasteiger partial charge in [-0.05, 0) is 30.7 Å². The molecule has 0 saturated carbocycles. The quantitative estimate of drug-likeness (QED) is 0.936. The van der Waals surface area contributed by atoms with E-state index in [2.05, 4.69) is 4.98 Å². The first-order valence-electron chi connectivity index (χ1n) is 6.25. The van der Waals surface area contributed by atoms with Crippen molar-refractivity contribution < 1.29 is 23.0 Å². The highest BCUT2D eigenvalue weighted by Gasteiger charge is 2.32. The van der Waals surface area contributed by atoms with Gasteiger partial charge in [-0.3, -0.25) is 0 Å². The summed E-state index contributed by atoms with van der Waals surface area (Å²) in [6.07, 6.45) is -5.35. The van der Waals surface area contributed by atoms with Crippen LogP contribution in [-0.4, -0.2) is 10.1 Å². The second-order valence-corrected chi connectivity index (χ2v) is 4.50. The molecule has 2 aromatic rings. The first-order valence-corrected chi connectivity index (χ1v) is 6.25. The fourth-order valence-corrected chi connectivity index (χ4v) is 1.73.